The van der Waals surface area contributed by atoms with E-state index in [-0.39, 0.29) is 18.0 Å². The molecule has 0 radical (unpaired) electrons. The first-order chi connectivity index (χ1) is 14.1. The van der Waals surface area contributed by atoms with E-state index in [1.807, 2.05) is 54.3 Å². The SMILES string of the molecule is CCOc1ccccc1NC(=O)N1Cc2ccccc2-n2cccc2[C@@H]1C(C)C. The molecule has 0 spiro atoms. The second-order valence-corrected chi connectivity index (χ2v) is 7.61. The van der Waals surface area contributed by atoms with Crippen LogP contribution in [0.3, 0.4) is 0 Å². The number of urea groups is 1. The van der Waals surface area contributed by atoms with Gasteiger partial charge in [0, 0.05) is 11.9 Å². The van der Waals surface area contributed by atoms with E-state index in [4.69, 9.17) is 4.74 Å². The zero-order chi connectivity index (χ0) is 20.4. The molecule has 5 heteroatoms. The number of aromatic nitrogens is 1. The molecule has 2 aromatic carbocycles. The molecule has 5 nitrogen and oxygen atoms in total. The van der Waals surface area contributed by atoms with Crippen molar-refractivity contribution in [2.45, 2.75) is 33.4 Å². The maximum Gasteiger partial charge on any atom is 0.322 e. The number of ether oxygens (including phenoxy) is 1. The maximum atomic E-state index is 13.5. The average Bonchev–Trinajstić information content (AvgIpc) is 3.13. The van der Waals surface area contributed by atoms with E-state index >= 15 is 0 Å². The number of hydrogen-bond acceptors (Lipinski definition) is 2. The van der Waals surface area contributed by atoms with E-state index in [0.29, 0.717) is 24.6 Å². The number of nitrogens with zero attached hydrogens (tertiary/aromatic N) is 2. The molecule has 1 N–H and O–H groups in total. The first-order valence-electron chi connectivity index (χ1n) is 10.1. The molecule has 1 atom stereocenters. The van der Waals surface area contributed by atoms with Gasteiger partial charge in [-0.15, -0.1) is 0 Å². The van der Waals surface area contributed by atoms with Gasteiger partial charge < -0.3 is 19.5 Å². The lowest BCUT2D eigenvalue weighted by Gasteiger charge is -2.33. The predicted octanol–water partition coefficient (Wildman–Crippen LogP) is 5.62. The Labute approximate surface area is 171 Å². The van der Waals surface area contributed by atoms with Crippen molar-refractivity contribution in [3.63, 3.8) is 0 Å². The molecular weight excluding hydrogens is 362 g/mol. The van der Waals surface area contributed by atoms with E-state index in [2.05, 4.69) is 48.1 Å². The monoisotopic (exact) mass is 389 g/mol. The summed E-state index contributed by atoms with van der Waals surface area (Å²) in [6.45, 7) is 7.35. The highest BCUT2D eigenvalue weighted by Crippen LogP contribution is 2.37. The van der Waals surface area contributed by atoms with Gasteiger partial charge in [-0.25, -0.2) is 4.79 Å². The number of fused-ring (bicyclic) bond motifs is 3. The zero-order valence-electron chi connectivity index (χ0n) is 17.1. The molecule has 3 aromatic rings. The number of amides is 2. The van der Waals surface area contributed by atoms with Gasteiger partial charge in [-0.3, -0.25) is 0 Å². The van der Waals surface area contributed by atoms with Gasteiger partial charge in [-0.1, -0.05) is 44.2 Å². The predicted molar refractivity (Wildman–Crippen MR) is 116 cm³/mol. The molecule has 0 bridgehead atoms. The molecule has 0 aliphatic carbocycles. The Balaban J connectivity index is 1.73. The third-order valence-corrected chi connectivity index (χ3v) is 5.33. The van der Waals surface area contributed by atoms with Crippen molar-refractivity contribution in [2.24, 2.45) is 5.92 Å². The van der Waals surface area contributed by atoms with Gasteiger partial charge in [0.05, 0.1) is 30.6 Å². The summed E-state index contributed by atoms with van der Waals surface area (Å²) in [7, 11) is 0. The summed E-state index contributed by atoms with van der Waals surface area (Å²) < 4.78 is 7.90. The number of rotatable bonds is 4. The van der Waals surface area contributed by atoms with Gasteiger partial charge in [0.2, 0.25) is 0 Å². The molecule has 150 valence electrons. The average molecular weight is 389 g/mol. The van der Waals surface area contributed by atoms with Gasteiger partial charge in [0.1, 0.15) is 5.75 Å². The number of hydrogen-bond donors (Lipinski definition) is 1. The van der Waals surface area contributed by atoms with Gasteiger partial charge >= 0.3 is 6.03 Å². The fourth-order valence-corrected chi connectivity index (χ4v) is 4.11. The Morgan fingerprint density at radius 2 is 1.86 bits per heavy atom. The van der Waals surface area contributed by atoms with Crippen LogP contribution < -0.4 is 10.1 Å². The third kappa shape index (κ3) is 3.60. The van der Waals surface area contributed by atoms with E-state index in [9.17, 15) is 4.79 Å². The Morgan fingerprint density at radius 1 is 1.10 bits per heavy atom. The molecule has 1 aliphatic heterocycles. The van der Waals surface area contributed by atoms with Gasteiger partial charge in [0.25, 0.3) is 0 Å². The Kier molecular flexibility index (Phi) is 5.30. The third-order valence-electron chi connectivity index (χ3n) is 5.33. The second kappa shape index (κ2) is 8.03. The fourth-order valence-electron chi connectivity index (χ4n) is 4.11. The molecule has 1 aromatic heterocycles. The minimum atomic E-state index is -0.125. The van der Waals surface area contributed by atoms with Crippen molar-refractivity contribution in [1.29, 1.82) is 0 Å². The van der Waals surface area contributed by atoms with E-state index in [1.54, 1.807) is 0 Å². The maximum absolute atomic E-state index is 13.5. The first-order valence-corrected chi connectivity index (χ1v) is 10.1. The lowest BCUT2D eigenvalue weighted by Crippen LogP contribution is -2.39. The minimum Gasteiger partial charge on any atom is -0.492 e. The number of nitrogens with one attached hydrogen (secondary N) is 1. The van der Waals surface area contributed by atoms with E-state index in [1.165, 1.54) is 0 Å². The highest BCUT2D eigenvalue weighted by atomic mass is 16.5. The fraction of sp³-hybridized carbons (Fsp3) is 0.292. The van der Waals surface area contributed by atoms with Crippen LogP contribution in [-0.2, 0) is 6.54 Å². The number of para-hydroxylation sites is 3. The van der Waals surface area contributed by atoms with Crippen molar-refractivity contribution in [1.82, 2.24) is 9.47 Å². The highest BCUT2D eigenvalue weighted by molar-refractivity contribution is 5.91. The Morgan fingerprint density at radius 3 is 2.66 bits per heavy atom. The van der Waals surface area contributed by atoms with Crippen LogP contribution in [0.5, 0.6) is 5.75 Å². The number of benzene rings is 2. The van der Waals surface area contributed by atoms with Crippen LogP contribution in [0.15, 0.2) is 66.9 Å². The summed E-state index contributed by atoms with van der Waals surface area (Å²) in [5, 5.41) is 3.08. The second-order valence-electron chi connectivity index (χ2n) is 7.61. The minimum absolute atomic E-state index is 0.0448. The topological polar surface area (TPSA) is 46.5 Å². The molecule has 1 aliphatic rings. The van der Waals surface area contributed by atoms with Crippen LogP contribution in [0, 0.1) is 5.92 Å². The number of anilines is 1. The molecule has 4 rings (SSSR count). The lowest BCUT2D eigenvalue weighted by atomic mass is 9.99. The summed E-state index contributed by atoms with van der Waals surface area (Å²) in [5.41, 5.74) is 4.07. The van der Waals surface area contributed by atoms with E-state index < -0.39 is 0 Å². The summed E-state index contributed by atoms with van der Waals surface area (Å²) >= 11 is 0. The molecule has 29 heavy (non-hydrogen) atoms. The molecule has 2 amide bonds. The summed E-state index contributed by atoms with van der Waals surface area (Å²) in [5.74, 6) is 0.939. The highest BCUT2D eigenvalue weighted by Gasteiger charge is 2.33. The number of carbonyl (C=O) groups is 1. The van der Waals surface area contributed by atoms with Crippen molar-refractivity contribution in [3.8, 4) is 11.4 Å². The molecule has 0 saturated carbocycles. The Hall–Kier alpha value is -3.21. The van der Waals surface area contributed by atoms with Crippen molar-refractivity contribution >= 4 is 11.7 Å². The molecular formula is C24H27N3O2. The lowest BCUT2D eigenvalue weighted by molar-refractivity contribution is 0.162. The molecule has 0 fully saturated rings. The molecule has 0 unspecified atom stereocenters. The van der Waals surface area contributed by atoms with Crippen LogP contribution in [-0.4, -0.2) is 22.1 Å². The molecule has 0 saturated heterocycles. The van der Waals surface area contributed by atoms with E-state index in [0.717, 1.165) is 16.9 Å². The summed E-state index contributed by atoms with van der Waals surface area (Å²) in [6.07, 6.45) is 2.08. The summed E-state index contributed by atoms with van der Waals surface area (Å²) in [6, 6.07) is 19.8. The van der Waals surface area contributed by atoms with Crippen LogP contribution >= 0.6 is 0 Å². The summed E-state index contributed by atoms with van der Waals surface area (Å²) in [4.78, 5) is 15.4. The van der Waals surface area contributed by atoms with Crippen molar-refractivity contribution in [2.75, 3.05) is 11.9 Å². The van der Waals surface area contributed by atoms with Crippen LogP contribution in [0.25, 0.3) is 5.69 Å². The largest absolute Gasteiger partial charge is 0.492 e. The van der Waals surface area contributed by atoms with Gasteiger partial charge in [-0.05, 0) is 48.7 Å². The van der Waals surface area contributed by atoms with Crippen LogP contribution in [0.2, 0.25) is 0 Å². The van der Waals surface area contributed by atoms with Gasteiger partial charge in [-0.2, -0.15) is 0 Å². The normalized spacial score (nSPS) is 15.4. The molecule has 2 heterocycles. The van der Waals surface area contributed by atoms with Crippen LogP contribution in [0.1, 0.15) is 38.1 Å². The van der Waals surface area contributed by atoms with Crippen molar-refractivity contribution < 1.29 is 9.53 Å². The Bertz CT molecular complexity index is 1010. The standard InChI is InChI=1S/C24H27N3O2/c1-4-29-22-14-8-6-11-19(22)25-24(28)27-16-18-10-5-7-12-20(18)26-15-9-13-21(26)23(27)17(2)3/h5-15,17,23H,4,16H2,1-3H3,(H,25,28)/t23-/m0/s1. The quantitative estimate of drug-likeness (QED) is 0.629. The van der Waals surface area contributed by atoms with Crippen molar-refractivity contribution in [3.05, 3.63) is 78.1 Å². The smallest absolute Gasteiger partial charge is 0.322 e. The zero-order valence-corrected chi connectivity index (χ0v) is 17.1. The number of carbonyl (C=O) groups excluding carboxylic acids is 1. The first kappa shape index (κ1) is 19.1. The van der Waals surface area contributed by atoms with Gasteiger partial charge in [0.15, 0.2) is 0 Å². The van der Waals surface area contributed by atoms with Crippen LogP contribution in [0.4, 0.5) is 10.5 Å².